The Morgan fingerprint density at radius 3 is 2.57 bits per heavy atom. The van der Waals surface area contributed by atoms with Crippen molar-refractivity contribution in [3.05, 3.63) is 46.4 Å². The lowest BCUT2D eigenvalue weighted by molar-refractivity contribution is 0.476. The minimum Gasteiger partial charge on any atom is -0.507 e. The van der Waals surface area contributed by atoms with Gasteiger partial charge >= 0.3 is 0 Å². The van der Waals surface area contributed by atoms with E-state index in [1.807, 2.05) is 22.8 Å². The van der Waals surface area contributed by atoms with Gasteiger partial charge in [-0.1, -0.05) is 29.3 Å². The van der Waals surface area contributed by atoms with Crippen molar-refractivity contribution in [2.75, 3.05) is 0 Å². The van der Waals surface area contributed by atoms with Gasteiger partial charge in [0.1, 0.15) is 11.6 Å². The zero-order valence-electron chi connectivity index (χ0n) is 11.6. The second kappa shape index (κ2) is 5.24. The number of benzene rings is 2. The summed E-state index contributed by atoms with van der Waals surface area (Å²) in [6, 6.07) is 10.8. The van der Waals surface area contributed by atoms with E-state index in [1.54, 1.807) is 12.1 Å². The van der Waals surface area contributed by atoms with Crippen LogP contribution in [0.1, 0.15) is 19.9 Å². The van der Waals surface area contributed by atoms with Crippen molar-refractivity contribution in [1.29, 1.82) is 0 Å². The van der Waals surface area contributed by atoms with Gasteiger partial charge in [-0.3, -0.25) is 0 Å². The van der Waals surface area contributed by atoms with Gasteiger partial charge in [-0.2, -0.15) is 0 Å². The number of rotatable bonds is 2. The lowest BCUT2D eigenvalue weighted by Crippen LogP contribution is -2.03. The van der Waals surface area contributed by atoms with Gasteiger partial charge in [0.2, 0.25) is 0 Å². The Balaban J connectivity index is 2.37. The molecule has 1 aromatic heterocycles. The molecule has 3 rings (SSSR count). The molecule has 0 spiro atoms. The predicted molar refractivity (Wildman–Crippen MR) is 87.2 cm³/mol. The van der Waals surface area contributed by atoms with Crippen molar-refractivity contribution in [3.63, 3.8) is 0 Å². The summed E-state index contributed by atoms with van der Waals surface area (Å²) in [5.41, 5.74) is 2.32. The summed E-state index contributed by atoms with van der Waals surface area (Å²) in [5.74, 6) is 0.790. The third kappa shape index (κ3) is 2.37. The minimum absolute atomic E-state index is 0.107. The van der Waals surface area contributed by atoms with Crippen LogP contribution in [-0.4, -0.2) is 14.7 Å². The fourth-order valence-electron chi connectivity index (χ4n) is 2.49. The van der Waals surface area contributed by atoms with Crippen molar-refractivity contribution in [2.45, 2.75) is 19.9 Å². The number of nitrogens with zero attached hydrogens (tertiary/aromatic N) is 2. The first-order valence-electron chi connectivity index (χ1n) is 6.64. The maximum Gasteiger partial charge on any atom is 0.145 e. The molecular weight excluding hydrogens is 307 g/mol. The Bertz CT molecular complexity index is 825. The van der Waals surface area contributed by atoms with Crippen molar-refractivity contribution in [1.82, 2.24) is 9.55 Å². The van der Waals surface area contributed by atoms with Gasteiger partial charge in [0, 0.05) is 11.1 Å². The van der Waals surface area contributed by atoms with Crippen LogP contribution < -0.4 is 0 Å². The van der Waals surface area contributed by atoms with Crippen LogP contribution in [0.15, 0.2) is 36.4 Å². The molecule has 1 heterocycles. The fraction of sp³-hybridized carbons (Fsp3) is 0.188. The highest BCUT2D eigenvalue weighted by molar-refractivity contribution is 6.35. The smallest absolute Gasteiger partial charge is 0.145 e. The molecule has 21 heavy (non-hydrogen) atoms. The van der Waals surface area contributed by atoms with E-state index in [9.17, 15) is 5.11 Å². The van der Waals surface area contributed by atoms with E-state index >= 15 is 0 Å². The van der Waals surface area contributed by atoms with Crippen LogP contribution in [0, 0.1) is 0 Å². The highest BCUT2D eigenvalue weighted by Crippen LogP contribution is 2.36. The Hall–Kier alpha value is -1.71. The number of halogens is 2. The molecule has 3 aromatic rings. The van der Waals surface area contributed by atoms with Gasteiger partial charge < -0.3 is 9.67 Å². The maximum absolute atomic E-state index is 10.2. The van der Waals surface area contributed by atoms with Crippen LogP contribution in [0.2, 0.25) is 10.0 Å². The summed E-state index contributed by atoms with van der Waals surface area (Å²) in [7, 11) is 0. The molecule has 3 nitrogen and oxygen atoms in total. The topological polar surface area (TPSA) is 38.0 Å². The van der Waals surface area contributed by atoms with E-state index < -0.39 is 0 Å². The Morgan fingerprint density at radius 2 is 1.90 bits per heavy atom. The molecule has 0 saturated heterocycles. The molecule has 0 amide bonds. The Kier molecular flexibility index (Phi) is 3.56. The number of aromatic nitrogens is 2. The predicted octanol–water partition coefficient (Wildman–Crippen LogP) is 5.30. The highest BCUT2D eigenvalue weighted by atomic mass is 35.5. The first kappa shape index (κ1) is 14.2. The first-order chi connectivity index (χ1) is 9.99. The van der Waals surface area contributed by atoms with E-state index in [1.165, 1.54) is 6.07 Å². The molecule has 0 unspecified atom stereocenters. The quantitative estimate of drug-likeness (QED) is 0.696. The molecular formula is C16H14Cl2N2O. The summed E-state index contributed by atoms with van der Waals surface area (Å²) in [4.78, 5) is 4.63. The maximum atomic E-state index is 10.2. The summed E-state index contributed by atoms with van der Waals surface area (Å²) in [6.45, 7) is 4.11. The average molecular weight is 321 g/mol. The molecule has 0 aliphatic carbocycles. The van der Waals surface area contributed by atoms with E-state index in [0.717, 1.165) is 11.0 Å². The number of para-hydroxylation sites is 1. The van der Waals surface area contributed by atoms with Gasteiger partial charge in [0.25, 0.3) is 0 Å². The van der Waals surface area contributed by atoms with Crippen molar-refractivity contribution in [3.8, 4) is 17.1 Å². The number of phenols is 1. The van der Waals surface area contributed by atoms with E-state index in [0.29, 0.717) is 21.4 Å². The minimum atomic E-state index is 0.107. The molecule has 0 aliphatic heterocycles. The summed E-state index contributed by atoms with van der Waals surface area (Å²) in [6.07, 6.45) is 0. The number of hydrogen-bond acceptors (Lipinski definition) is 2. The van der Waals surface area contributed by atoms with Crippen LogP contribution in [0.4, 0.5) is 0 Å². The monoisotopic (exact) mass is 320 g/mol. The Labute approximate surface area is 132 Å². The van der Waals surface area contributed by atoms with Crippen LogP contribution >= 0.6 is 23.2 Å². The Morgan fingerprint density at radius 1 is 1.14 bits per heavy atom. The lowest BCUT2D eigenvalue weighted by Gasteiger charge is -2.14. The zero-order valence-corrected chi connectivity index (χ0v) is 13.2. The molecule has 0 aliphatic rings. The molecule has 108 valence electrons. The van der Waals surface area contributed by atoms with Crippen molar-refractivity contribution >= 4 is 34.2 Å². The second-order valence-corrected chi connectivity index (χ2v) is 6.01. The molecule has 0 fully saturated rings. The number of imidazole rings is 1. The molecule has 0 bridgehead atoms. The standard InChI is InChI=1S/C16H14Cl2N2O/c1-9(2)20-15-12(18)4-3-5-13(15)19-16(20)11-7-6-10(17)8-14(11)21/h3-9,21H,1-2H3. The van der Waals surface area contributed by atoms with Gasteiger partial charge in [-0.25, -0.2) is 4.98 Å². The van der Waals surface area contributed by atoms with E-state index in [-0.39, 0.29) is 11.8 Å². The fourth-order valence-corrected chi connectivity index (χ4v) is 2.92. The summed E-state index contributed by atoms with van der Waals surface area (Å²) < 4.78 is 2.03. The van der Waals surface area contributed by atoms with E-state index in [2.05, 4.69) is 18.8 Å². The highest BCUT2D eigenvalue weighted by Gasteiger charge is 2.19. The van der Waals surface area contributed by atoms with Gasteiger partial charge in [-0.15, -0.1) is 0 Å². The van der Waals surface area contributed by atoms with Gasteiger partial charge in [-0.05, 0) is 44.2 Å². The SMILES string of the molecule is CC(C)n1c(-c2ccc(Cl)cc2O)nc2cccc(Cl)c21. The number of phenolic OH excluding ortho intramolecular Hbond substituents is 1. The molecule has 5 heteroatoms. The normalized spacial score (nSPS) is 11.5. The molecule has 0 saturated carbocycles. The van der Waals surface area contributed by atoms with Crippen LogP contribution in [0.5, 0.6) is 5.75 Å². The third-order valence-corrected chi connectivity index (χ3v) is 3.92. The largest absolute Gasteiger partial charge is 0.507 e. The van der Waals surface area contributed by atoms with Crippen LogP contribution in [0.3, 0.4) is 0 Å². The van der Waals surface area contributed by atoms with Crippen LogP contribution in [0.25, 0.3) is 22.4 Å². The number of hydrogen-bond donors (Lipinski definition) is 1. The number of fused-ring (bicyclic) bond motifs is 1. The average Bonchev–Trinajstić information content (AvgIpc) is 2.79. The second-order valence-electron chi connectivity index (χ2n) is 5.17. The van der Waals surface area contributed by atoms with E-state index in [4.69, 9.17) is 23.2 Å². The van der Waals surface area contributed by atoms with Gasteiger partial charge in [0.15, 0.2) is 0 Å². The van der Waals surface area contributed by atoms with Crippen LogP contribution in [-0.2, 0) is 0 Å². The molecule has 1 N–H and O–H groups in total. The lowest BCUT2D eigenvalue weighted by atomic mass is 10.2. The number of aromatic hydroxyl groups is 1. The summed E-state index contributed by atoms with van der Waals surface area (Å²) in [5, 5.41) is 11.3. The van der Waals surface area contributed by atoms with Gasteiger partial charge in [0.05, 0.1) is 21.6 Å². The third-order valence-electron chi connectivity index (χ3n) is 3.38. The zero-order chi connectivity index (χ0) is 15.1. The molecule has 0 atom stereocenters. The van der Waals surface area contributed by atoms with Crippen molar-refractivity contribution < 1.29 is 5.11 Å². The molecule has 0 radical (unpaired) electrons. The first-order valence-corrected chi connectivity index (χ1v) is 7.40. The summed E-state index contributed by atoms with van der Waals surface area (Å²) >= 11 is 12.2. The molecule has 2 aromatic carbocycles. The van der Waals surface area contributed by atoms with Crippen molar-refractivity contribution in [2.24, 2.45) is 0 Å².